The van der Waals surface area contributed by atoms with Crippen molar-refractivity contribution < 1.29 is 19.4 Å². The van der Waals surface area contributed by atoms with Crippen LogP contribution in [0.15, 0.2) is 6.07 Å². The van der Waals surface area contributed by atoms with Gasteiger partial charge in [0.2, 0.25) is 6.79 Å². The number of ether oxygens (including phenoxy) is 2. The minimum atomic E-state index is -0.246. The lowest BCUT2D eigenvalue weighted by atomic mass is 10.1. The van der Waals surface area contributed by atoms with E-state index < -0.39 is 0 Å². The summed E-state index contributed by atoms with van der Waals surface area (Å²) in [5.41, 5.74) is 0.782. The lowest BCUT2D eigenvalue weighted by molar-refractivity contribution is 0.111. The van der Waals surface area contributed by atoms with E-state index in [0.717, 1.165) is 0 Å². The van der Waals surface area contributed by atoms with Crippen molar-refractivity contribution in [3.63, 3.8) is 0 Å². The van der Waals surface area contributed by atoms with Gasteiger partial charge in [0, 0.05) is 5.56 Å². The number of benzene rings is 1. The number of rotatable bonds is 2. The minimum absolute atomic E-state index is 0.0452. The molecule has 2 rings (SSSR count). The summed E-state index contributed by atoms with van der Waals surface area (Å²) in [6, 6.07) is 1.45. The molecule has 14 heavy (non-hydrogen) atoms. The molecule has 1 N–H and O–H groups in total. The summed E-state index contributed by atoms with van der Waals surface area (Å²) in [7, 11) is 0. The van der Waals surface area contributed by atoms with Crippen LogP contribution in [0.25, 0.3) is 0 Å². The molecule has 0 aliphatic carbocycles. The van der Waals surface area contributed by atoms with Gasteiger partial charge in [0.25, 0.3) is 0 Å². The molecule has 0 unspecified atom stereocenters. The van der Waals surface area contributed by atoms with E-state index in [9.17, 15) is 4.79 Å². The molecule has 1 aliphatic rings. The molecule has 0 aromatic heterocycles. The average Bonchev–Trinajstić information content (AvgIpc) is 2.65. The Labute approximate surface area is 85.0 Å². The fourth-order valence-corrected chi connectivity index (χ4v) is 1.61. The Hall–Kier alpha value is -1.26. The van der Waals surface area contributed by atoms with E-state index in [-0.39, 0.29) is 13.4 Å². The summed E-state index contributed by atoms with van der Waals surface area (Å²) in [5, 5.41) is 9.34. The van der Waals surface area contributed by atoms with E-state index in [1.54, 1.807) is 0 Å². The fourth-order valence-electron chi connectivity index (χ4n) is 1.35. The number of aliphatic hydroxyl groups excluding tert-OH is 1. The zero-order chi connectivity index (χ0) is 10.1. The summed E-state index contributed by atoms with van der Waals surface area (Å²) >= 11 is 5.84. The number of hydrogen-bond acceptors (Lipinski definition) is 4. The van der Waals surface area contributed by atoms with E-state index in [0.29, 0.717) is 33.9 Å². The third-order valence-electron chi connectivity index (χ3n) is 2.00. The molecule has 1 aromatic rings. The Balaban J connectivity index is 2.67. The van der Waals surface area contributed by atoms with Crippen LogP contribution >= 0.6 is 11.6 Å². The van der Waals surface area contributed by atoms with Gasteiger partial charge in [-0.05, 0) is 6.07 Å². The number of hydrogen-bond donors (Lipinski definition) is 1. The molecule has 0 radical (unpaired) electrons. The van der Waals surface area contributed by atoms with Crippen molar-refractivity contribution in [3.8, 4) is 11.5 Å². The summed E-state index contributed by atoms with van der Waals surface area (Å²) < 4.78 is 10.2. The molecule has 74 valence electrons. The first-order valence-electron chi connectivity index (χ1n) is 3.95. The molecule has 1 aliphatic heterocycles. The van der Waals surface area contributed by atoms with Gasteiger partial charge in [-0.15, -0.1) is 0 Å². The third-order valence-corrected chi connectivity index (χ3v) is 2.34. The zero-order valence-electron chi connectivity index (χ0n) is 7.12. The smallest absolute Gasteiger partial charge is 0.231 e. The maximum absolute atomic E-state index is 10.7. The van der Waals surface area contributed by atoms with Crippen LogP contribution in [0.2, 0.25) is 5.02 Å². The summed E-state index contributed by atoms with van der Waals surface area (Å²) in [4.78, 5) is 10.7. The quantitative estimate of drug-likeness (QED) is 0.756. The minimum Gasteiger partial charge on any atom is -0.453 e. The van der Waals surface area contributed by atoms with Crippen LogP contribution in [0.4, 0.5) is 0 Å². The maximum Gasteiger partial charge on any atom is 0.231 e. The fraction of sp³-hybridized carbons (Fsp3) is 0.222. The lowest BCUT2D eigenvalue weighted by Gasteiger charge is -2.06. The largest absolute Gasteiger partial charge is 0.453 e. The van der Waals surface area contributed by atoms with Crippen molar-refractivity contribution in [1.82, 2.24) is 0 Å². The van der Waals surface area contributed by atoms with Gasteiger partial charge in [-0.1, -0.05) is 11.6 Å². The number of aldehydes is 1. The monoisotopic (exact) mass is 214 g/mol. The molecule has 4 nitrogen and oxygen atoms in total. The van der Waals surface area contributed by atoms with Gasteiger partial charge in [0.15, 0.2) is 17.8 Å². The van der Waals surface area contributed by atoms with Gasteiger partial charge >= 0.3 is 0 Å². The predicted octanol–water partition coefficient (Wildman–Crippen LogP) is 1.37. The second-order valence-corrected chi connectivity index (χ2v) is 3.17. The van der Waals surface area contributed by atoms with E-state index in [1.165, 1.54) is 6.07 Å². The SMILES string of the molecule is O=Cc1cc(Cl)c(CO)c2c1OCO2. The molecule has 0 atom stereocenters. The standard InChI is InChI=1S/C9H7ClO4/c10-7-1-5(2-11)8-9(6(7)3-12)14-4-13-8/h1-2,12H,3-4H2. The highest BCUT2D eigenvalue weighted by molar-refractivity contribution is 6.32. The van der Waals surface area contributed by atoms with Crippen molar-refractivity contribution in [3.05, 3.63) is 22.2 Å². The van der Waals surface area contributed by atoms with Gasteiger partial charge in [0.05, 0.1) is 17.2 Å². The van der Waals surface area contributed by atoms with Crippen molar-refractivity contribution in [2.75, 3.05) is 6.79 Å². The second-order valence-electron chi connectivity index (χ2n) is 2.77. The summed E-state index contributed by atoms with van der Waals surface area (Å²) in [6.07, 6.45) is 0.639. The van der Waals surface area contributed by atoms with E-state index >= 15 is 0 Å². The van der Waals surface area contributed by atoms with Crippen LogP contribution in [-0.4, -0.2) is 18.2 Å². The molecule has 0 spiro atoms. The first kappa shape index (κ1) is 9.30. The molecule has 0 saturated heterocycles. The van der Waals surface area contributed by atoms with Crippen LogP contribution in [-0.2, 0) is 6.61 Å². The first-order valence-corrected chi connectivity index (χ1v) is 4.32. The van der Waals surface area contributed by atoms with E-state index in [2.05, 4.69) is 0 Å². The Bertz CT molecular complexity index is 389. The summed E-state index contributed by atoms with van der Waals surface area (Å²) in [6.45, 7) is -0.201. The lowest BCUT2D eigenvalue weighted by Crippen LogP contribution is -1.94. The van der Waals surface area contributed by atoms with Crippen molar-refractivity contribution in [1.29, 1.82) is 0 Å². The number of fused-ring (bicyclic) bond motifs is 1. The second kappa shape index (κ2) is 3.48. The first-order chi connectivity index (χ1) is 6.77. The molecular weight excluding hydrogens is 208 g/mol. The van der Waals surface area contributed by atoms with Gasteiger partial charge in [-0.25, -0.2) is 0 Å². The van der Waals surface area contributed by atoms with Gasteiger partial charge in [-0.3, -0.25) is 4.79 Å². The number of carbonyl (C=O) groups excluding carboxylic acids is 1. The van der Waals surface area contributed by atoms with Gasteiger partial charge in [-0.2, -0.15) is 0 Å². The summed E-state index contributed by atoms with van der Waals surface area (Å²) in [5.74, 6) is 0.718. The molecular formula is C9H7ClO4. The van der Waals surface area contributed by atoms with Crippen molar-refractivity contribution in [2.45, 2.75) is 6.61 Å². The molecule has 0 amide bonds. The van der Waals surface area contributed by atoms with Crippen LogP contribution in [0.5, 0.6) is 11.5 Å². The Kier molecular flexibility index (Phi) is 2.31. The Morgan fingerprint density at radius 1 is 1.50 bits per heavy atom. The van der Waals surface area contributed by atoms with E-state index in [1.807, 2.05) is 0 Å². The van der Waals surface area contributed by atoms with Gasteiger partial charge < -0.3 is 14.6 Å². The number of aliphatic hydroxyl groups is 1. The highest BCUT2D eigenvalue weighted by atomic mass is 35.5. The molecule has 0 saturated carbocycles. The van der Waals surface area contributed by atoms with Crippen LogP contribution in [0, 0.1) is 0 Å². The molecule has 1 heterocycles. The zero-order valence-corrected chi connectivity index (χ0v) is 7.87. The highest BCUT2D eigenvalue weighted by Crippen LogP contribution is 2.41. The molecule has 5 heteroatoms. The third kappa shape index (κ3) is 1.23. The van der Waals surface area contributed by atoms with Crippen LogP contribution in [0.3, 0.4) is 0 Å². The molecule has 1 aromatic carbocycles. The van der Waals surface area contributed by atoms with Crippen LogP contribution in [0.1, 0.15) is 15.9 Å². The Morgan fingerprint density at radius 3 is 2.86 bits per heavy atom. The average molecular weight is 215 g/mol. The van der Waals surface area contributed by atoms with Crippen LogP contribution < -0.4 is 9.47 Å². The number of halogens is 1. The molecule has 0 fully saturated rings. The maximum atomic E-state index is 10.7. The normalized spacial score (nSPS) is 13.0. The number of carbonyl (C=O) groups is 1. The van der Waals surface area contributed by atoms with E-state index in [4.69, 9.17) is 26.2 Å². The highest BCUT2D eigenvalue weighted by Gasteiger charge is 2.23. The van der Waals surface area contributed by atoms with Gasteiger partial charge in [0.1, 0.15) is 0 Å². The Morgan fingerprint density at radius 2 is 2.21 bits per heavy atom. The van der Waals surface area contributed by atoms with Crippen molar-refractivity contribution in [2.24, 2.45) is 0 Å². The van der Waals surface area contributed by atoms with Crippen molar-refractivity contribution >= 4 is 17.9 Å². The topological polar surface area (TPSA) is 55.8 Å². The predicted molar refractivity (Wildman–Crippen MR) is 48.9 cm³/mol. The molecule has 0 bridgehead atoms.